The average Bonchev–Trinajstić information content (AvgIpc) is 2.82. The summed E-state index contributed by atoms with van der Waals surface area (Å²) in [6.07, 6.45) is 21.4. The summed E-state index contributed by atoms with van der Waals surface area (Å²) in [4.78, 5) is 23.7. The molecule has 6 nitrogen and oxygen atoms in total. The Morgan fingerprint density at radius 2 is 1.29 bits per heavy atom. The van der Waals surface area contributed by atoms with Crippen LogP contribution in [0.15, 0.2) is 30.6 Å². The van der Waals surface area contributed by atoms with Gasteiger partial charge in [-0.25, -0.2) is 4.57 Å². The van der Waals surface area contributed by atoms with Gasteiger partial charge in [-0.3, -0.25) is 0 Å². The molecule has 0 aliphatic heterocycles. The predicted molar refractivity (Wildman–Crippen MR) is 135 cm³/mol. The van der Waals surface area contributed by atoms with Gasteiger partial charge in [0.25, 0.3) is 0 Å². The molecule has 1 aromatic heterocycles. The van der Waals surface area contributed by atoms with Crippen molar-refractivity contribution in [2.24, 2.45) is 0 Å². The Hall–Kier alpha value is -0.780. The molecule has 198 valence electrons. The summed E-state index contributed by atoms with van der Waals surface area (Å²) in [6, 6.07) is 5.63. The second kappa shape index (κ2) is 20.4. The lowest BCUT2D eigenvalue weighted by Crippen LogP contribution is -2.43. The van der Waals surface area contributed by atoms with E-state index in [-0.39, 0.29) is 13.0 Å². The smallest absolute Gasteiger partial charge is 0.168 e. The molecule has 0 radical (unpaired) electrons. The minimum atomic E-state index is -4.80. The molecule has 0 aliphatic rings. The molecule has 2 atom stereocenters. The van der Waals surface area contributed by atoms with Crippen LogP contribution >= 0.6 is 7.60 Å². The Balaban J connectivity index is 2.08. The van der Waals surface area contributed by atoms with Gasteiger partial charge in [0.1, 0.15) is 6.54 Å². The molecule has 7 heteroatoms. The van der Waals surface area contributed by atoms with E-state index in [2.05, 4.69) is 6.92 Å². The molecular weight excluding hydrogens is 449 g/mol. The number of nitrogens with zero attached hydrogens (tertiary/aromatic N) is 1. The third-order valence-electron chi connectivity index (χ3n) is 6.52. The third kappa shape index (κ3) is 16.0. The van der Waals surface area contributed by atoms with E-state index in [0.717, 1.165) is 12.8 Å². The molecule has 1 rings (SSSR count). The highest BCUT2D eigenvalue weighted by atomic mass is 31.2. The highest BCUT2D eigenvalue weighted by molar-refractivity contribution is 7.49. The Morgan fingerprint density at radius 3 is 1.76 bits per heavy atom. The van der Waals surface area contributed by atoms with E-state index in [9.17, 15) is 14.4 Å². The van der Waals surface area contributed by atoms with E-state index in [4.69, 9.17) is 9.47 Å². The number of hydrogen-bond donors (Lipinski definition) is 0. The first-order chi connectivity index (χ1) is 16.5. The van der Waals surface area contributed by atoms with Crippen LogP contribution in [-0.4, -0.2) is 32.1 Å². The highest BCUT2D eigenvalue weighted by Crippen LogP contribution is 2.37. The monoisotopic (exact) mass is 498 g/mol. The van der Waals surface area contributed by atoms with Crippen molar-refractivity contribution >= 4 is 7.60 Å². The first-order valence-corrected chi connectivity index (χ1v) is 15.2. The molecule has 1 aromatic rings. The zero-order chi connectivity index (χ0) is 24.9. The van der Waals surface area contributed by atoms with Gasteiger partial charge >= 0.3 is 0 Å². The second-order valence-corrected chi connectivity index (χ2v) is 11.2. The molecule has 0 N–H and O–H groups in total. The lowest BCUT2D eigenvalue weighted by Gasteiger charge is -2.41. The predicted octanol–water partition coefficient (Wildman–Crippen LogP) is 5.16. The van der Waals surface area contributed by atoms with Gasteiger partial charge in [-0.2, -0.15) is 0 Å². The summed E-state index contributed by atoms with van der Waals surface area (Å²) in [7, 11) is -3.35. The summed E-state index contributed by atoms with van der Waals surface area (Å²) in [5, 5.41) is 0. The Bertz CT molecular complexity index is 625. The van der Waals surface area contributed by atoms with Crippen LogP contribution in [0.1, 0.15) is 103 Å². The lowest BCUT2D eigenvalue weighted by atomic mass is 10.0. The van der Waals surface area contributed by atoms with Crippen LogP contribution in [0, 0.1) is 0 Å². The molecule has 34 heavy (non-hydrogen) atoms. The zero-order valence-electron chi connectivity index (χ0n) is 21.7. The molecule has 0 amide bonds. The summed E-state index contributed by atoms with van der Waals surface area (Å²) in [6.45, 7) is 3.41. The molecule has 0 saturated heterocycles. The van der Waals surface area contributed by atoms with Gasteiger partial charge in [-0.05, 0) is 6.42 Å². The quantitative estimate of drug-likeness (QED) is 0.118. The van der Waals surface area contributed by atoms with Gasteiger partial charge < -0.3 is 23.8 Å². The van der Waals surface area contributed by atoms with E-state index < -0.39 is 19.4 Å². The van der Waals surface area contributed by atoms with Crippen molar-refractivity contribution in [1.29, 1.82) is 0 Å². The Labute approximate surface area is 208 Å². The largest absolute Gasteiger partial charge is 0.810 e. The van der Waals surface area contributed by atoms with Crippen molar-refractivity contribution in [3.63, 3.8) is 0 Å². The number of unbranched alkanes of at least 4 members (excludes halogenated alkanes) is 13. The number of aryl methyl sites for hydroxylation is 1. The molecule has 0 spiro atoms. The normalized spacial score (nSPS) is 13.8. The summed E-state index contributed by atoms with van der Waals surface area (Å²) in [5.74, 6) is 0. The highest BCUT2D eigenvalue weighted by Gasteiger charge is 2.26. The lowest BCUT2D eigenvalue weighted by molar-refractivity contribution is -0.697. The summed E-state index contributed by atoms with van der Waals surface area (Å²) >= 11 is 0. The number of methoxy groups -OCH3 is 1. The number of hydrogen-bond acceptors (Lipinski definition) is 5. The van der Waals surface area contributed by atoms with Gasteiger partial charge in [0, 0.05) is 37.9 Å². The van der Waals surface area contributed by atoms with Crippen molar-refractivity contribution in [2.75, 3.05) is 20.3 Å². The topological polar surface area (TPSA) is 85.5 Å². The van der Waals surface area contributed by atoms with Crippen molar-refractivity contribution in [2.45, 2.75) is 122 Å². The fourth-order valence-corrected chi connectivity index (χ4v) is 5.39. The first-order valence-electron chi connectivity index (χ1n) is 13.6. The van der Waals surface area contributed by atoms with E-state index in [1.807, 2.05) is 35.2 Å². The summed E-state index contributed by atoms with van der Waals surface area (Å²) in [5.41, 5.74) is -1.10. The van der Waals surface area contributed by atoms with E-state index in [1.165, 1.54) is 84.2 Å². The van der Waals surface area contributed by atoms with E-state index >= 15 is 0 Å². The third-order valence-corrected chi connectivity index (χ3v) is 7.93. The maximum atomic E-state index is 11.9. The Morgan fingerprint density at radius 1 is 0.794 bits per heavy atom. The molecule has 2 unspecified atom stereocenters. The zero-order valence-corrected chi connectivity index (χ0v) is 22.6. The van der Waals surface area contributed by atoms with Crippen molar-refractivity contribution in [3.05, 3.63) is 30.6 Å². The van der Waals surface area contributed by atoms with Crippen LogP contribution < -0.4 is 14.4 Å². The number of pyridine rings is 1. The molecule has 0 bridgehead atoms. The van der Waals surface area contributed by atoms with Crippen LogP contribution in [0.25, 0.3) is 0 Å². The average molecular weight is 499 g/mol. The minimum Gasteiger partial charge on any atom is -0.810 e. The van der Waals surface area contributed by atoms with Crippen molar-refractivity contribution in [1.82, 2.24) is 0 Å². The first kappa shape index (κ1) is 31.3. The number of ether oxygens (including phenoxy) is 2. The SMILES string of the molecule is CCCCCCCCCCCCCCCCOCC(OC)C(CC[n+]1ccccc1)P(=O)([O-])[O-]. The molecule has 0 saturated carbocycles. The van der Waals surface area contributed by atoms with Crippen LogP contribution in [-0.2, 0) is 20.6 Å². The van der Waals surface area contributed by atoms with Gasteiger partial charge in [0.05, 0.1) is 12.7 Å². The van der Waals surface area contributed by atoms with Crippen LogP contribution in [0.3, 0.4) is 0 Å². The molecule has 0 aliphatic carbocycles. The van der Waals surface area contributed by atoms with Gasteiger partial charge in [0.2, 0.25) is 0 Å². The minimum absolute atomic E-state index is 0.132. The van der Waals surface area contributed by atoms with Crippen molar-refractivity contribution in [3.8, 4) is 0 Å². The molecule has 0 fully saturated rings. The standard InChI is InChI=1S/C27H50NO5P/c1-3-4-5-6-7-8-9-10-11-12-13-14-15-19-24-33-25-26(32-2)27(34(29,30)31)20-23-28-21-17-16-18-22-28/h16-18,21-22,26-27H,3-15,19-20,23-25H2,1-2H3,(H-,29,30,31)/p-1. The van der Waals surface area contributed by atoms with Crippen LogP contribution in [0.2, 0.25) is 0 Å². The van der Waals surface area contributed by atoms with E-state index in [0.29, 0.717) is 13.2 Å². The van der Waals surface area contributed by atoms with Gasteiger partial charge in [-0.15, -0.1) is 0 Å². The maximum Gasteiger partial charge on any atom is 0.168 e. The van der Waals surface area contributed by atoms with Crippen LogP contribution in [0.5, 0.6) is 0 Å². The summed E-state index contributed by atoms with van der Waals surface area (Å²) < 4.78 is 24.8. The molecular formula is C27H49NO5P-. The molecule has 0 aromatic carbocycles. The maximum absolute atomic E-state index is 11.9. The number of aromatic nitrogens is 1. The van der Waals surface area contributed by atoms with Gasteiger partial charge in [-0.1, -0.05) is 104 Å². The van der Waals surface area contributed by atoms with Crippen molar-refractivity contribution < 1.29 is 28.4 Å². The fraction of sp³-hybridized carbons (Fsp3) is 0.815. The van der Waals surface area contributed by atoms with Crippen LogP contribution in [0.4, 0.5) is 0 Å². The Kier molecular flexibility index (Phi) is 18.8. The fourth-order valence-electron chi connectivity index (χ4n) is 4.35. The van der Waals surface area contributed by atoms with E-state index in [1.54, 1.807) is 0 Å². The second-order valence-electron chi connectivity index (χ2n) is 9.45. The number of rotatable bonds is 23. The molecule has 1 heterocycles. The van der Waals surface area contributed by atoms with Gasteiger partial charge in [0.15, 0.2) is 12.4 Å².